The fraction of sp³-hybridized carbons (Fsp3) is 0.0667. The first-order chi connectivity index (χ1) is 10.0. The summed E-state index contributed by atoms with van der Waals surface area (Å²) in [5, 5.41) is 5.74. The highest BCUT2D eigenvalue weighted by molar-refractivity contribution is 6.31. The molecule has 0 spiro atoms. The summed E-state index contributed by atoms with van der Waals surface area (Å²) in [7, 11) is 0. The summed E-state index contributed by atoms with van der Waals surface area (Å²) in [6.45, 7) is 0. The van der Waals surface area contributed by atoms with Crippen LogP contribution in [0.2, 0.25) is 5.02 Å². The second kappa shape index (κ2) is 6.76. The molecule has 4 N–H and O–H groups in total. The third kappa shape index (κ3) is 4.50. The van der Waals surface area contributed by atoms with Gasteiger partial charge in [0.05, 0.1) is 6.42 Å². The van der Waals surface area contributed by atoms with Gasteiger partial charge in [-0.05, 0) is 29.8 Å². The molecule has 108 valence electrons. The first-order valence-corrected chi connectivity index (χ1v) is 6.62. The van der Waals surface area contributed by atoms with Crippen LogP contribution in [0, 0.1) is 0 Å². The Morgan fingerprint density at radius 1 is 1.00 bits per heavy atom. The van der Waals surface area contributed by atoms with E-state index in [9.17, 15) is 9.59 Å². The average Bonchev–Trinajstić information content (AvgIpc) is 2.41. The van der Waals surface area contributed by atoms with Crippen LogP contribution in [0.3, 0.4) is 0 Å². The van der Waals surface area contributed by atoms with Gasteiger partial charge >= 0.3 is 6.03 Å². The molecule has 0 aliphatic rings. The summed E-state index contributed by atoms with van der Waals surface area (Å²) in [6, 6.07) is 13.2. The Morgan fingerprint density at radius 2 is 1.67 bits per heavy atom. The second-order valence-corrected chi connectivity index (χ2v) is 4.79. The Hall–Kier alpha value is -2.53. The molecule has 0 fully saturated rings. The minimum atomic E-state index is -0.658. The number of amides is 3. The summed E-state index contributed by atoms with van der Waals surface area (Å²) < 4.78 is 0. The van der Waals surface area contributed by atoms with Gasteiger partial charge in [0, 0.05) is 16.4 Å². The number of nitrogens with two attached hydrogens (primary N) is 1. The van der Waals surface area contributed by atoms with Crippen LogP contribution in [-0.4, -0.2) is 11.9 Å². The second-order valence-electron chi connectivity index (χ2n) is 4.39. The lowest BCUT2D eigenvalue weighted by Crippen LogP contribution is -2.19. The third-order valence-corrected chi connectivity index (χ3v) is 3.09. The highest BCUT2D eigenvalue weighted by Crippen LogP contribution is 2.18. The van der Waals surface area contributed by atoms with E-state index in [4.69, 9.17) is 17.3 Å². The van der Waals surface area contributed by atoms with Gasteiger partial charge in [-0.25, -0.2) is 4.79 Å². The number of primary amides is 1. The highest BCUT2D eigenvalue weighted by Gasteiger charge is 2.07. The number of rotatable bonds is 4. The average molecular weight is 304 g/mol. The molecule has 0 atom stereocenters. The first kappa shape index (κ1) is 14.9. The van der Waals surface area contributed by atoms with E-state index in [1.807, 2.05) is 12.1 Å². The molecule has 0 heterocycles. The summed E-state index contributed by atoms with van der Waals surface area (Å²) in [6.07, 6.45) is 0.174. The number of hydrogen-bond acceptors (Lipinski definition) is 2. The minimum Gasteiger partial charge on any atom is -0.351 e. The van der Waals surface area contributed by atoms with Crippen LogP contribution in [0.25, 0.3) is 0 Å². The molecule has 0 aliphatic heterocycles. The summed E-state index contributed by atoms with van der Waals surface area (Å²) in [5.74, 6) is -0.195. The van der Waals surface area contributed by atoms with E-state index >= 15 is 0 Å². The molecule has 0 aliphatic carbocycles. The zero-order chi connectivity index (χ0) is 15.2. The fourth-order valence-corrected chi connectivity index (χ4v) is 2.04. The molecule has 0 saturated carbocycles. The Balaban J connectivity index is 2.03. The lowest BCUT2D eigenvalue weighted by Gasteiger charge is -2.08. The lowest BCUT2D eigenvalue weighted by molar-refractivity contribution is -0.115. The molecule has 3 amide bonds. The number of nitrogens with one attached hydrogen (secondary N) is 2. The van der Waals surface area contributed by atoms with E-state index < -0.39 is 6.03 Å². The zero-order valence-electron chi connectivity index (χ0n) is 11.1. The molecule has 2 aromatic carbocycles. The van der Waals surface area contributed by atoms with Gasteiger partial charge < -0.3 is 16.4 Å². The van der Waals surface area contributed by atoms with Gasteiger partial charge in [-0.3, -0.25) is 4.79 Å². The van der Waals surface area contributed by atoms with Gasteiger partial charge in [0.2, 0.25) is 5.91 Å². The van der Waals surface area contributed by atoms with Crippen molar-refractivity contribution in [2.24, 2.45) is 5.73 Å². The van der Waals surface area contributed by atoms with E-state index in [0.29, 0.717) is 16.4 Å². The number of halogens is 1. The van der Waals surface area contributed by atoms with Gasteiger partial charge in [-0.15, -0.1) is 0 Å². The molecule has 2 rings (SSSR count). The van der Waals surface area contributed by atoms with Crippen molar-refractivity contribution in [2.45, 2.75) is 6.42 Å². The van der Waals surface area contributed by atoms with Gasteiger partial charge in [0.25, 0.3) is 0 Å². The van der Waals surface area contributed by atoms with Crippen LogP contribution in [-0.2, 0) is 11.2 Å². The van der Waals surface area contributed by atoms with Crippen LogP contribution in [0.5, 0.6) is 0 Å². The maximum absolute atomic E-state index is 12.0. The molecule has 0 radical (unpaired) electrons. The van der Waals surface area contributed by atoms with Gasteiger partial charge in [0.1, 0.15) is 0 Å². The number of benzene rings is 2. The monoisotopic (exact) mass is 303 g/mol. The topological polar surface area (TPSA) is 84.2 Å². The quantitative estimate of drug-likeness (QED) is 0.811. The number of carbonyl (C=O) groups is 2. The largest absolute Gasteiger partial charge is 0.351 e. The van der Waals surface area contributed by atoms with Crippen LogP contribution < -0.4 is 16.4 Å². The fourth-order valence-electron chi connectivity index (χ4n) is 1.84. The Morgan fingerprint density at radius 3 is 2.33 bits per heavy atom. The van der Waals surface area contributed by atoms with Crippen molar-refractivity contribution in [2.75, 3.05) is 10.6 Å². The van der Waals surface area contributed by atoms with Crippen LogP contribution in [0.1, 0.15) is 5.56 Å². The summed E-state index contributed by atoms with van der Waals surface area (Å²) in [5.41, 5.74) is 6.88. The smallest absolute Gasteiger partial charge is 0.316 e. The zero-order valence-corrected chi connectivity index (χ0v) is 11.9. The Labute approximate surface area is 127 Å². The molecule has 6 heteroatoms. The molecule has 0 saturated heterocycles. The SMILES string of the molecule is NC(=O)Nc1cccc(NC(=O)Cc2ccccc2Cl)c1. The summed E-state index contributed by atoms with van der Waals surface area (Å²) in [4.78, 5) is 22.8. The normalized spacial score (nSPS) is 9.95. The molecule has 2 aromatic rings. The standard InChI is InChI=1S/C15H14ClN3O2/c16-13-7-2-1-4-10(13)8-14(20)18-11-5-3-6-12(9-11)19-15(17)21/h1-7,9H,8H2,(H,18,20)(H3,17,19,21). The van der Waals surface area contributed by atoms with Crippen molar-refractivity contribution in [3.63, 3.8) is 0 Å². The molecule has 5 nitrogen and oxygen atoms in total. The Kier molecular flexibility index (Phi) is 4.79. The van der Waals surface area contributed by atoms with Crippen LogP contribution >= 0.6 is 11.6 Å². The number of urea groups is 1. The van der Waals surface area contributed by atoms with Gasteiger partial charge in [-0.2, -0.15) is 0 Å². The van der Waals surface area contributed by atoms with E-state index in [1.54, 1.807) is 36.4 Å². The van der Waals surface area contributed by atoms with Gasteiger partial charge in [-0.1, -0.05) is 35.9 Å². The minimum absolute atomic E-state index is 0.174. The number of anilines is 2. The molecule has 0 bridgehead atoms. The summed E-state index contributed by atoms with van der Waals surface area (Å²) >= 11 is 6.01. The van der Waals surface area contributed by atoms with Gasteiger partial charge in [0.15, 0.2) is 0 Å². The van der Waals surface area contributed by atoms with Crippen molar-refractivity contribution >= 4 is 34.9 Å². The Bertz CT molecular complexity index is 673. The maximum atomic E-state index is 12.0. The molecule has 0 unspecified atom stereocenters. The molecule has 0 aromatic heterocycles. The van der Waals surface area contributed by atoms with E-state index in [1.165, 1.54) is 0 Å². The van der Waals surface area contributed by atoms with Crippen molar-refractivity contribution in [3.8, 4) is 0 Å². The molecular formula is C15H14ClN3O2. The molecular weight excluding hydrogens is 290 g/mol. The van der Waals surface area contributed by atoms with Crippen molar-refractivity contribution < 1.29 is 9.59 Å². The van der Waals surface area contributed by atoms with Crippen LogP contribution in [0.4, 0.5) is 16.2 Å². The predicted octanol–water partition coefficient (Wildman–Crippen LogP) is 3.01. The highest BCUT2D eigenvalue weighted by atomic mass is 35.5. The maximum Gasteiger partial charge on any atom is 0.316 e. The van der Waals surface area contributed by atoms with Crippen LogP contribution in [0.15, 0.2) is 48.5 Å². The lowest BCUT2D eigenvalue weighted by atomic mass is 10.1. The molecule has 21 heavy (non-hydrogen) atoms. The first-order valence-electron chi connectivity index (χ1n) is 6.24. The van der Waals surface area contributed by atoms with Crippen molar-refractivity contribution in [1.29, 1.82) is 0 Å². The van der Waals surface area contributed by atoms with Crippen molar-refractivity contribution in [3.05, 3.63) is 59.1 Å². The predicted molar refractivity (Wildman–Crippen MR) is 83.4 cm³/mol. The van der Waals surface area contributed by atoms with E-state index in [2.05, 4.69) is 10.6 Å². The van der Waals surface area contributed by atoms with Crippen molar-refractivity contribution in [1.82, 2.24) is 0 Å². The number of carbonyl (C=O) groups excluding carboxylic acids is 2. The third-order valence-electron chi connectivity index (χ3n) is 2.72. The van der Waals surface area contributed by atoms with E-state index in [0.717, 1.165) is 5.56 Å². The number of hydrogen-bond donors (Lipinski definition) is 3. The van der Waals surface area contributed by atoms with E-state index in [-0.39, 0.29) is 12.3 Å².